The minimum Gasteiger partial charge on any atom is -0.486 e. The molecule has 0 saturated carbocycles. The normalized spacial score (nSPS) is 11.1. The fourth-order valence-corrected chi connectivity index (χ4v) is 3.11. The first-order chi connectivity index (χ1) is 8.70. The van der Waals surface area contributed by atoms with Gasteiger partial charge in [0.05, 0.1) is 12.8 Å². The van der Waals surface area contributed by atoms with Gasteiger partial charge in [0.1, 0.15) is 5.01 Å². The first-order valence-corrected chi connectivity index (χ1v) is 6.58. The van der Waals surface area contributed by atoms with Crippen molar-refractivity contribution in [3.8, 4) is 15.6 Å². The number of benzene rings is 1. The van der Waals surface area contributed by atoms with E-state index in [0.29, 0.717) is 0 Å². The van der Waals surface area contributed by atoms with Gasteiger partial charge >= 0.3 is 0 Å². The van der Waals surface area contributed by atoms with Crippen LogP contribution in [0.2, 0.25) is 0 Å². The standard InChI is InChI=1S/C14H14N2OS/c1-9-14(17-3)18-13(15-9)11-8-16(2)12-7-5-4-6-10(11)12/h4-8H,1-3H3. The maximum Gasteiger partial charge on any atom is 0.197 e. The van der Waals surface area contributed by atoms with Crippen molar-refractivity contribution in [3.63, 3.8) is 0 Å². The van der Waals surface area contributed by atoms with Crippen molar-refractivity contribution in [3.05, 3.63) is 36.2 Å². The summed E-state index contributed by atoms with van der Waals surface area (Å²) in [5, 5.41) is 3.13. The van der Waals surface area contributed by atoms with Crippen LogP contribution in [0.1, 0.15) is 5.69 Å². The van der Waals surface area contributed by atoms with Crippen LogP contribution in [0.25, 0.3) is 21.5 Å². The first-order valence-electron chi connectivity index (χ1n) is 5.76. The van der Waals surface area contributed by atoms with Gasteiger partial charge in [0, 0.05) is 29.7 Å². The zero-order valence-corrected chi connectivity index (χ0v) is 11.4. The van der Waals surface area contributed by atoms with Crippen molar-refractivity contribution in [2.45, 2.75) is 6.92 Å². The summed E-state index contributed by atoms with van der Waals surface area (Å²) in [7, 11) is 3.75. The lowest BCUT2D eigenvalue weighted by molar-refractivity contribution is 0.423. The number of nitrogens with zero attached hydrogens (tertiary/aromatic N) is 2. The average Bonchev–Trinajstić information content (AvgIpc) is 2.91. The molecule has 3 rings (SSSR count). The van der Waals surface area contributed by atoms with Gasteiger partial charge < -0.3 is 9.30 Å². The average molecular weight is 258 g/mol. The molecule has 3 aromatic rings. The molecule has 4 heteroatoms. The third-order valence-electron chi connectivity index (χ3n) is 3.07. The minimum absolute atomic E-state index is 0.887. The first kappa shape index (κ1) is 11.3. The third kappa shape index (κ3) is 1.61. The predicted octanol–water partition coefficient (Wildman–Crippen LogP) is 3.62. The van der Waals surface area contributed by atoms with E-state index in [1.807, 2.05) is 6.92 Å². The Morgan fingerprint density at radius 3 is 2.78 bits per heavy atom. The molecular formula is C14H14N2OS. The SMILES string of the molecule is COc1sc(-c2cn(C)c3ccccc23)nc1C. The van der Waals surface area contributed by atoms with Gasteiger partial charge in [-0.05, 0) is 13.0 Å². The van der Waals surface area contributed by atoms with Gasteiger partial charge in [-0.1, -0.05) is 29.5 Å². The molecule has 0 aliphatic rings. The number of hydrogen-bond donors (Lipinski definition) is 0. The second kappa shape index (κ2) is 4.14. The van der Waals surface area contributed by atoms with Crippen LogP contribution in [-0.4, -0.2) is 16.7 Å². The molecule has 2 aromatic heterocycles. The van der Waals surface area contributed by atoms with Crippen molar-refractivity contribution in [2.24, 2.45) is 7.05 Å². The quantitative estimate of drug-likeness (QED) is 0.702. The molecule has 0 N–H and O–H groups in total. The van der Waals surface area contributed by atoms with Gasteiger partial charge in [-0.25, -0.2) is 4.98 Å². The van der Waals surface area contributed by atoms with Crippen LogP contribution in [0.4, 0.5) is 0 Å². The Balaban J connectivity index is 2.25. The van der Waals surface area contributed by atoms with Gasteiger partial charge in [0.25, 0.3) is 0 Å². The predicted molar refractivity (Wildman–Crippen MR) is 75.3 cm³/mol. The fraction of sp³-hybridized carbons (Fsp3) is 0.214. The highest BCUT2D eigenvalue weighted by atomic mass is 32.1. The highest BCUT2D eigenvalue weighted by molar-refractivity contribution is 7.17. The Morgan fingerprint density at radius 2 is 2.06 bits per heavy atom. The molecule has 1 aromatic carbocycles. The lowest BCUT2D eigenvalue weighted by Crippen LogP contribution is -1.81. The molecule has 3 nitrogen and oxygen atoms in total. The lowest BCUT2D eigenvalue weighted by atomic mass is 10.2. The molecule has 0 bridgehead atoms. The summed E-state index contributed by atoms with van der Waals surface area (Å²) in [4.78, 5) is 4.60. The van der Waals surface area contributed by atoms with E-state index in [2.05, 4.69) is 47.1 Å². The molecule has 0 amide bonds. The molecule has 18 heavy (non-hydrogen) atoms. The summed E-state index contributed by atoms with van der Waals surface area (Å²) in [5.41, 5.74) is 3.34. The summed E-state index contributed by atoms with van der Waals surface area (Å²) in [6, 6.07) is 8.37. The number of para-hydroxylation sites is 1. The number of fused-ring (bicyclic) bond motifs is 1. The van der Waals surface area contributed by atoms with E-state index in [1.165, 1.54) is 16.5 Å². The van der Waals surface area contributed by atoms with Gasteiger partial charge in [-0.2, -0.15) is 0 Å². The molecule has 0 fully saturated rings. The molecule has 0 unspecified atom stereocenters. The highest BCUT2D eigenvalue weighted by Crippen LogP contribution is 2.37. The van der Waals surface area contributed by atoms with E-state index < -0.39 is 0 Å². The Morgan fingerprint density at radius 1 is 1.28 bits per heavy atom. The largest absolute Gasteiger partial charge is 0.486 e. The van der Waals surface area contributed by atoms with E-state index in [4.69, 9.17) is 4.74 Å². The van der Waals surface area contributed by atoms with Crippen LogP contribution < -0.4 is 4.74 Å². The van der Waals surface area contributed by atoms with E-state index >= 15 is 0 Å². The van der Waals surface area contributed by atoms with E-state index in [9.17, 15) is 0 Å². The van der Waals surface area contributed by atoms with E-state index in [0.717, 1.165) is 15.8 Å². The van der Waals surface area contributed by atoms with Crippen molar-refractivity contribution in [1.29, 1.82) is 0 Å². The van der Waals surface area contributed by atoms with Gasteiger partial charge in [0.15, 0.2) is 5.06 Å². The molecule has 92 valence electrons. The summed E-state index contributed by atoms with van der Waals surface area (Å²) < 4.78 is 7.45. The van der Waals surface area contributed by atoms with E-state index in [-0.39, 0.29) is 0 Å². The number of methoxy groups -OCH3 is 1. The van der Waals surface area contributed by atoms with Gasteiger partial charge in [-0.15, -0.1) is 0 Å². The molecule has 2 heterocycles. The van der Waals surface area contributed by atoms with Crippen LogP contribution in [0.3, 0.4) is 0 Å². The Labute approximate surface area is 110 Å². The Hall–Kier alpha value is -1.81. The minimum atomic E-state index is 0.887. The van der Waals surface area contributed by atoms with E-state index in [1.54, 1.807) is 18.4 Å². The molecule has 0 aliphatic carbocycles. The number of hydrogen-bond acceptors (Lipinski definition) is 3. The molecule has 0 aliphatic heterocycles. The maximum atomic E-state index is 5.32. The van der Waals surface area contributed by atoms with Gasteiger partial charge in [-0.3, -0.25) is 0 Å². The smallest absolute Gasteiger partial charge is 0.197 e. The molecular weight excluding hydrogens is 244 g/mol. The summed E-state index contributed by atoms with van der Waals surface area (Å²) in [6.45, 7) is 1.98. The topological polar surface area (TPSA) is 27.1 Å². The number of thiazole rings is 1. The van der Waals surface area contributed by atoms with Crippen LogP contribution in [0.15, 0.2) is 30.5 Å². The summed E-state index contributed by atoms with van der Waals surface area (Å²) >= 11 is 1.59. The molecule has 0 saturated heterocycles. The van der Waals surface area contributed by atoms with Crippen molar-refractivity contribution in [2.75, 3.05) is 7.11 Å². The molecule has 0 atom stereocenters. The maximum absolute atomic E-state index is 5.32. The lowest BCUT2D eigenvalue weighted by Gasteiger charge is -1.93. The number of ether oxygens (including phenoxy) is 1. The fourth-order valence-electron chi connectivity index (χ4n) is 2.20. The summed E-state index contributed by atoms with van der Waals surface area (Å²) in [5.74, 6) is 0. The Bertz CT molecular complexity index is 712. The second-order valence-corrected chi connectivity index (χ2v) is 5.23. The van der Waals surface area contributed by atoms with Crippen LogP contribution >= 0.6 is 11.3 Å². The number of aryl methyl sites for hydroxylation is 2. The number of aromatic nitrogens is 2. The van der Waals surface area contributed by atoms with Crippen LogP contribution in [0, 0.1) is 6.92 Å². The third-order valence-corrected chi connectivity index (χ3v) is 4.22. The Kier molecular flexibility index (Phi) is 2.59. The number of rotatable bonds is 2. The summed E-state index contributed by atoms with van der Waals surface area (Å²) in [6.07, 6.45) is 2.13. The highest BCUT2D eigenvalue weighted by Gasteiger charge is 2.14. The van der Waals surface area contributed by atoms with Crippen LogP contribution in [0.5, 0.6) is 5.06 Å². The zero-order chi connectivity index (χ0) is 12.7. The van der Waals surface area contributed by atoms with Crippen LogP contribution in [-0.2, 0) is 7.05 Å². The molecule has 0 radical (unpaired) electrons. The molecule has 0 spiro atoms. The zero-order valence-electron chi connectivity index (χ0n) is 10.6. The monoisotopic (exact) mass is 258 g/mol. The van der Waals surface area contributed by atoms with Crippen molar-refractivity contribution in [1.82, 2.24) is 9.55 Å². The second-order valence-electron chi connectivity index (χ2n) is 4.27. The van der Waals surface area contributed by atoms with Crippen molar-refractivity contribution >= 4 is 22.2 Å². The van der Waals surface area contributed by atoms with Gasteiger partial charge in [0.2, 0.25) is 0 Å². The van der Waals surface area contributed by atoms with Crippen molar-refractivity contribution < 1.29 is 4.74 Å².